The van der Waals surface area contributed by atoms with E-state index in [0.29, 0.717) is 45.4 Å². The Morgan fingerprint density at radius 3 is 1.44 bits per heavy atom. The monoisotopic (exact) mass is 1120 g/mol. The molecule has 0 saturated carbocycles. The van der Waals surface area contributed by atoms with Crippen molar-refractivity contribution in [1.82, 2.24) is 25.2 Å². The van der Waals surface area contributed by atoms with Crippen molar-refractivity contribution in [3.8, 4) is 0 Å². The highest BCUT2D eigenvalue weighted by atomic mass is 31.2. The van der Waals surface area contributed by atoms with Gasteiger partial charge in [0.15, 0.2) is 5.79 Å². The second kappa shape index (κ2) is 27.8. The Bertz CT molecular complexity index is 1880. The number of carbonyl (C=O) groups excluding carboxylic acids is 1. The molecule has 4 aliphatic rings. The predicted octanol–water partition coefficient (Wildman–Crippen LogP) is 14.9. The number of carbonyl (C=O) groups is 1. The van der Waals surface area contributed by atoms with Crippen LogP contribution in [0.4, 0.5) is 0 Å². The van der Waals surface area contributed by atoms with Gasteiger partial charge in [0.2, 0.25) is 5.91 Å². The highest BCUT2D eigenvalue weighted by Gasteiger charge is 2.63. The number of nitrogens with zero attached hydrogens (tertiary/aromatic N) is 6. The molecule has 7 atom stereocenters. The lowest BCUT2D eigenvalue weighted by molar-refractivity contribution is -0.399. The van der Waals surface area contributed by atoms with Gasteiger partial charge in [-0.15, -0.1) is 0 Å². The van der Waals surface area contributed by atoms with Gasteiger partial charge in [0.1, 0.15) is 11.3 Å². The summed E-state index contributed by atoms with van der Waals surface area (Å²) in [5.41, 5.74) is -2.85. The largest absolute Gasteiger partial charge is 0.411 e. The van der Waals surface area contributed by atoms with Crippen LogP contribution in [0.1, 0.15) is 259 Å². The summed E-state index contributed by atoms with van der Waals surface area (Å²) in [6.07, 6.45) is 7.63. The molecule has 1 amide bonds. The van der Waals surface area contributed by atoms with Crippen LogP contribution in [-0.2, 0) is 27.9 Å². The second-order valence-corrected chi connectivity index (χ2v) is 29.4. The summed E-state index contributed by atoms with van der Waals surface area (Å²) in [4.78, 5) is 15.0. The third-order valence-electron chi connectivity index (χ3n) is 18.6. The maximum Gasteiger partial charge on any atom is 0.350 e. The van der Waals surface area contributed by atoms with Crippen LogP contribution < -0.4 is 0 Å². The minimum atomic E-state index is -3.43. The average molecular weight is 1120 g/mol. The molecular weight excluding hydrogens is 1000 g/mol. The molecule has 17 nitrogen and oxygen atoms in total. The summed E-state index contributed by atoms with van der Waals surface area (Å²) in [6, 6.07) is 0. The maximum atomic E-state index is 13.0. The first-order chi connectivity index (χ1) is 34.4. The molecule has 0 aromatic carbocycles. The van der Waals surface area contributed by atoms with E-state index in [0.717, 1.165) is 49.3 Å². The van der Waals surface area contributed by atoms with Gasteiger partial charge in [-0.05, 0) is 140 Å². The Labute approximate surface area is 471 Å². The molecule has 4 fully saturated rings. The molecule has 4 saturated heterocycles. The van der Waals surface area contributed by atoms with E-state index >= 15 is 0 Å². The molecule has 0 bridgehead atoms. The number of oxime groups is 1. The third-order valence-corrected chi connectivity index (χ3v) is 21.4. The smallest absolute Gasteiger partial charge is 0.350 e. The number of rotatable bonds is 14. The Morgan fingerprint density at radius 1 is 0.688 bits per heavy atom. The quantitative estimate of drug-likeness (QED) is 0.0624. The fourth-order valence-electron chi connectivity index (χ4n) is 11.7. The summed E-state index contributed by atoms with van der Waals surface area (Å²) in [6.45, 7) is 56.9. The summed E-state index contributed by atoms with van der Waals surface area (Å²) < 4.78 is 36.4. The molecule has 77 heavy (non-hydrogen) atoms. The van der Waals surface area contributed by atoms with Gasteiger partial charge >= 0.3 is 7.60 Å². The summed E-state index contributed by atoms with van der Waals surface area (Å²) >= 11 is 0. The van der Waals surface area contributed by atoms with Crippen LogP contribution in [0.5, 0.6) is 0 Å². The highest BCUT2D eigenvalue weighted by Crippen LogP contribution is 2.60. The molecule has 4 heterocycles. The van der Waals surface area contributed by atoms with Crippen molar-refractivity contribution in [2.75, 3.05) is 33.0 Å². The van der Waals surface area contributed by atoms with Gasteiger partial charge in [0.25, 0.3) is 0 Å². The summed E-state index contributed by atoms with van der Waals surface area (Å²) in [5, 5.41) is 60.7. The van der Waals surface area contributed by atoms with E-state index in [1.54, 1.807) is 18.9 Å². The van der Waals surface area contributed by atoms with E-state index in [4.69, 9.17) is 23.7 Å². The molecule has 4 rings (SSSR count). The van der Waals surface area contributed by atoms with Crippen molar-refractivity contribution in [2.24, 2.45) is 27.8 Å². The van der Waals surface area contributed by atoms with E-state index < -0.39 is 35.7 Å². The van der Waals surface area contributed by atoms with Crippen LogP contribution >= 0.6 is 7.60 Å². The molecule has 18 heteroatoms. The highest BCUT2D eigenvalue weighted by molar-refractivity contribution is 7.54. The fraction of sp³-hybridized carbons (Fsp3) is 0.966. The first kappa shape index (κ1) is 75.7. The zero-order valence-corrected chi connectivity index (χ0v) is 54.5. The number of piperazine rings is 1. The first-order valence-electron chi connectivity index (χ1n) is 29.1. The summed E-state index contributed by atoms with van der Waals surface area (Å²) in [7, 11) is -3.43. The Morgan fingerprint density at radius 2 is 1.12 bits per heavy atom. The lowest BCUT2D eigenvalue weighted by atomic mass is 9.67. The number of piperidine rings is 2. The van der Waals surface area contributed by atoms with E-state index in [2.05, 4.69) is 95.2 Å². The van der Waals surface area contributed by atoms with E-state index in [-0.39, 0.29) is 77.0 Å². The van der Waals surface area contributed by atoms with Crippen LogP contribution in [0.2, 0.25) is 0 Å². The maximum absolute atomic E-state index is 13.0. The van der Waals surface area contributed by atoms with Crippen molar-refractivity contribution in [3.63, 3.8) is 0 Å². The number of hydroxylamine groups is 8. The normalized spacial score (nSPS) is 30.8. The average Bonchev–Trinajstić information content (AvgIpc) is 3.34. The van der Waals surface area contributed by atoms with Crippen molar-refractivity contribution in [3.05, 3.63) is 0 Å². The molecule has 0 radical (unpaired) electrons. The van der Waals surface area contributed by atoms with Crippen molar-refractivity contribution < 1.29 is 53.9 Å². The van der Waals surface area contributed by atoms with E-state index in [1.165, 1.54) is 10.1 Å². The molecule has 5 N–H and O–H groups in total. The Balaban J connectivity index is 0.00000100. The molecule has 1 spiro atoms. The van der Waals surface area contributed by atoms with Crippen LogP contribution in [0.25, 0.3) is 0 Å². The molecular formula is C59H123N6O11P. The topological polar surface area (TPSA) is 201 Å². The number of hydrogen-bond acceptors (Lipinski definition) is 16. The van der Waals surface area contributed by atoms with E-state index in [1.807, 2.05) is 88.0 Å². The Hall–Kier alpha value is -1.31. The minimum Gasteiger partial charge on any atom is -0.411 e. The molecule has 0 aliphatic carbocycles. The van der Waals surface area contributed by atoms with Gasteiger partial charge in [-0.25, -0.2) is 0 Å². The zero-order chi connectivity index (χ0) is 59.9. The van der Waals surface area contributed by atoms with Crippen molar-refractivity contribution in [2.45, 2.75) is 314 Å². The molecule has 4 aliphatic heterocycles. The van der Waals surface area contributed by atoms with Crippen LogP contribution in [0.15, 0.2) is 5.16 Å². The fourth-order valence-corrected chi connectivity index (χ4v) is 14.4. The van der Waals surface area contributed by atoms with Gasteiger partial charge in [-0.3, -0.25) is 9.36 Å². The lowest BCUT2D eigenvalue weighted by Crippen LogP contribution is -2.75. The third kappa shape index (κ3) is 15.7. The van der Waals surface area contributed by atoms with Gasteiger partial charge in [0.05, 0.1) is 48.8 Å². The lowest BCUT2D eigenvalue weighted by Gasteiger charge is -2.63. The molecule has 460 valence electrons. The second-order valence-electron chi connectivity index (χ2n) is 27.4. The first-order valence-corrected chi connectivity index (χ1v) is 30.7. The zero-order valence-electron chi connectivity index (χ0n) is 53.7. The molecule has 7 unspecified atom stereocenters. The van der Waals surface area contributed by atoms with Crippen LogP contribution in [0.3, 0.4) is 0 Å². The van der Waals surface area contributed by atoms with Crippen molar-refractivity contribution >= 4 is 19.2 Å². The van der Waals surface area contributed by atoms with Crippen LogP contribution in [-0.4, -0.2) is 152 Å². The van der Waals surface area contributed by atoms with Gasteiger partial charge in [-0.1, -0.05) is 116 Å². The van der Waals surface area contributed by atoms with Crippen LogP contribution in [0, 0.1) is 22.7 Å². The van der Waals surface area contributed by atoms with Gasteiger partial charge < -0.3 is 49.5 Å². The van der Waals surface area contributed by atoms with E-state index in [9.17, 15) is 30.2 Å². The van der Waals surface area contributed by atoms with Gasteiger partial charge in [0, 0.05) is 58.8 Å². The standard InChI is InChI=1S/C17H33NO3.C16H32N2O2.C13H30NO4P.C12H24N2O2.CH4/c1-8-15(6)10-17(20-11-14(4,5)12-21-17)13(3)16(7,9-2)18(15)19;1-8-15(9-2)12-17(14(5,6)7)13(19)16(10-3,11-4)18(15)20;1-9-17-19(16,18-10-2)11(12(3,4)5)14(15)13(6,7)8;1-6-11(4)8-10(13-15)9(3)12(5,7-2)14(11)16;/h13,19H,8-12H2,1-7H3;20H,8-12H2,1-7H3;11,15H,9-10H2,1-8H3;9,15-16H,6-8H2,1-5H3;1H4/b;;;13-10-;. The van der Waals surface area contributed by atoms with Gasteiger partial charge in [-0.2, -0.15) is 20.3 Å². The minimum absolute atomic E-state index is 0. The summed E-state index contributed by atoms with van der Waals surface area (Å²) in [5.74, 6) is -1.07. The molecule has 0 aromatic rings. The van der Waals surface area contributed by atoms with Crippen molar-refractivity contribution in [1.29, 1.82) is 0 Å². The SMILES string of the molecule is C.CCC1(C)C/C(=N/O)C(C)C(C)(CC)N1O.CCC1(C)CC2(OCC(C)(C)CO2)C(C)C(C)(CC)N1O.CCC1(CC)CN(C(C)(C)C)C(=O)C(CC)(CC)N1O.CCOP(=O)(OCC)C(N(O)C(C)(C)C)C(C)(C)C. The predicted molar refractivity (Wildman–Crippen MR) is 313 cm³/mol. The number of hydrogen-bond donors (Lipinski definition) is 5. The number of ether oxygens (including phenoxy) is 2. The Kier molecular flexibility index (Phi) is 27.4. The number of amides is 1. The molecule has 0 aromatic heterocycles.